The van der Waals surface area contributed by atoms with Crippen molar-refractivity contribution >= 4 is 5.97 Å². The first-order valence-corrected chi connectivity index (χ1v) is 7.24. The summed E-state index contributed by atoms with van der Waals surface area (Å²) < 4.78 is 7.30. The quantitative estimate of drug-likeness (QED) is 0.855. The highest BCUT2D eigenvalue weighted by molar-refractivity contribution is 5.74. The van der Waals surface area contributed by atoms with Crippen LogP contribution in [-0.4, -0.2) is 37.9 Å². The molecular formula is C13H22N4O3. The van der Waals surface area contributed by atoms with E-state index in [0.29, 0.717) is 25.3 Å². The Hall–Kier alpha value is -1.50. The highest BCUT2D eigenvalue weighted by Crippen LogP contribution is 2.31. The van der Waals surface area contributed by atoms with Crippen LogP contribution >= 0.6 is 0 Å². The molecule has 1 saturated heterocycles. The fourth-order valence-corrected chi connectivity index (χ4v) is 2.63. The fraction of sp³-hybridized carbons (Fsp3) is 0.846. The standard InChI is InChI=1S/C13H22N4O3/c1-3-13(4-2,12(18)19)9-17-11(14-15-16-17)10-7-5-6-8-20-10/h10H,3-9H2,1-2H3,(H,18,19). The van der Waals surface area contributed by atoms with Crippen LogP contribution in [0.25, 0.3) is 0 Å². The molecule has 1 aliphatic heterocycles. The van der Waals surface area contributed by atoms with Crippen LogP contribution in [0.1, 0.15) is 57.9 Å². The highest BCUT2D eigenvalue weighted by Gasteiger charge is 2.37. The van der Waals surface area contributed by atoms with Gasteiger partial charge in [-0.1, -0.05) is 13.8 Å². The van der Waals surface area contributed by atoms with Crippen molar-refractivity contribution in [2.24, 2.45) is 5.41 Å². The lowest BCUT2D eigenvalue weighted by Gasteiger charge is -2.28. The lowest BCUT2D eigenvalue weighted by atomic mass is 9.82. The molecule has 0 saturated carbocycles. The van der Waals surface area contributed by atoms with Crippen molar-refractivity contribution in [2.75, 3.05) is 6.61 Å². The number of carboxylic acids is 1. The topological polar surface area (TPSA) is 90.1 Å². The van der Waals surface area contributed by atoms with E-state index in [1.165, 1.54) is 0 Å². The van der Waals surface area contributed by atoms with E-state index in [1.54, 1.807) is 4.68 Å². The number of hydrogen-bond donors (Lipinski definition) is 1. The van der Waals surface area contributed by atoms with Gasteiger partial charge in [0.2, 0.25) is 0 Å². The number of rotatable bonds is 6. The van der Waals surface area contributed by atoms with Gasteiger partial charge in [-0.2, -0.15) is 0 Å². The normalized spacial score (nSPS) is 20.0. The zero-order valence-electron chi connectivity index (χ0n) is 12.1. The van der Waals surface area contributed by atoms with E-state index in [1.807, 2.05) is 13.8 Å². The summed E-state index contributed by atoms with van der Waals surface area (Å²) in [5.74, 6) is -0.147. The summed E-state index contributed by atoms with van der Waals surface area (Å²) in [7, 11) is 0. The summed E-state index contributed by atoms with van der Waals surface area (Å²) in [4.78, 5) is 11.6. The van der Waals surface area contributed by atoms with Crippen molar-refractivity contribution < 1.29 is 14.6 Å². The van der Waals surface area contributed by atoms with E-state index in [2.05, 4.69) is 15.5 Å². The molecule has 2 heterocycles. The Morgan fingerprint density at radius 1 is 1.45 bits per heavy atom. The molecule has 7 heteroatoms. The molecule has 0 aliphatic carbocycles. The molecule has 1 aromatic heterocycles. The molecule has 112 valence electrons. The second-order valence-electron chi connectivity index (χ2n) is 5.34. The molecule has 1 unspecified atom stereocenters. The first-order chi connectivity index (χ1) is 9.63. The van der Waals surface area contributed by atoms with Gasteiger partial charge in [-0.25, -0.2) is 4.68 Å². The van der Waals surface area contributed by atoms with E-state index in [9.17, 15) is 9.90 Å². The Kier molecular flexibility index (Phi) is 4.69. The molecule has 0 amide bonds. The minimum Gasteiger partial charge on any atom is -0.481 e. The average molecular weight is 282 g/mol. The number of aliphatic carboxylic acids is 1. The third-order valence-corrected chi connectivity index (χ3v) is 4.29. The predicted molar refractivity (Wildman–Crippen MR) is 71.0 cm³/mol. The summed E-state index contributed by atoms with van der Waals surface area (Å²) in [5, 5.41) is 21.2. The van der Waals surface area contributed by atoms with Crippen molar-refractivity contribution in [3.8, 4) is 0 Å². The molecule has 2 rings (SSSR count). The Morgan fingerprint density at radius 2 is 2.20 bits per heavy atom. The number of hydrogen-bond acceptors (Lipinski definition) is 5. The summed E-state index contributed by atoms with van der Waals surface area (Å²) in [6, 6.07) is 0. The maximum atomic E-state index is 11.6. The smallest absolute Gasteiger partial charge is 0.311 e. The largest absolute Gasteiger partial charge is 0.481 e. The number of ether oxygens (including phenoxy) is 1. The van der Waals surface area contributed by atoms with Crippen LogP contribution in [0.4, 0.5) is 0 Å². The summed E-state index contributed by atoms with van der Waals surface area (Å²) >= 11 is 0. The summed E-state index contributed by atoms with van der Waals surface area (Å²) in [6.45, 7) is 4.78. The van der Waals surface area contributed by atoms with Gasteiger partial charge in [0.1, 0.15) is 6.10 Å². The van der Waals surface area contributed by atoms with Gasteiger partial charge in [0.05, 0.1) is 12.0 Å². The van der Waals surface area contributed by atoms with Gasteiger partial charge in [-0.15, -0.1) is 5.10 Å². The molecule has 0 radical (unpaired) electrons. The van der Waals surface area contributed by atoms with E-state index in [0.717, 1.165) is 19.3 Å². The third kappa shape index (κ3) is 2.82. The molecule has 0 spiro atoms. The number of aromatic nitrogens is 4. The minimum absolute atomic E-state index is 0.112. The maximum Gasteiger partial charge on any atom is 0.311 e. The van der Waals surface area contributed by atoms with E-state index < -0.39 is 11.4 Å². The van der Waals surface area contributed by atoms with Gasteiger partial charge in [0.15, 0.2) is 5.82 Å². The molecule has 1 N–H and O–H groups in total. The molecule has 0 aromatic carbocycles. The zero-order valence-corrected chi connectivity index (χ0v) is 12.1. The average Bonchev–Trinajstić information content (AvgIpc) is 2.93. The Balaban J connectivity index is 2.20. The molecule has 1 aromatic rings. The maximum absolute atomic E-state index is 11.6. The zero-order chi connectivity index (χ0) is 14.6. The first-order valence-electron chi connectivity index (χ1n) is 7.24. The third-order valence-electron chi connectivity index (χ3n) is 4.29. The molecule has 1 aliphatic rings. The van der Waals surface area contributed by atoms with Crippen LogP contribution < -0.4 is 0 Å². The number of carboxylic acid groups (broad SMARTS) is 1. The van der Waals surface area contributed by atoms with Crippen molar-refractivity contribution in [2.45, 2.75) is 58.6 Å². The van der Waals surface area contributed by atoms with E-state index >= 15 is 0 Å². The Bertz CT molecular complexity index is 450. The molecule has 7 nitrogen and oxygen atoms in total. The second kappa shape index (κ2) is 6.30. The van der Waals surface area contributed by atoms with Crippen LogP contribution in [0.2, 0.25) is 0 Å². The molecule has 1 atom stereocenters. The molecule has 1 fully saturated rings. The van der Waals surface area contributed by atoms with Crippen molar-refractivity contribution in [1.82, 2.24) is 20.2 Å². The van der Waals surface area contributed by atoms with Crippen LogP contribution in [-0.2, 0) is 16.1 Å². The van der Waals surface area contributed by atoms with Crippen molar-refractivity contribution in [3.05, 3.63) is 5.82 Å². The summed E-state index contributed by atoms with van der Waals surface area (Å²) in [5.41, 5.74) is -0.821. The van der Waals surface area contributed by atoms with Crippen molar-refractivity contribution in [3.63, 3.8) is 0 Å². The number of nitrogens with zero attached hydrogens (tertiary/aromatic N) is 4. The van der Waals surface area contributed by atoms with Gasteiger partial charge < -0.3 is 9.84 Å². The second-order valence-corrected chi connectivity index (χ2v) is 5.34. The van der Waals surface area contributed by atoms with Crippen LogP contribution in [0, 0.1) is 5.41 Å². The van der Waals surface area contributed by atoms with Gasteiger partial charge in [-0.05, 0) is 42.5 Å². The van der Waals surface area contributed by atoms with Gasteiger partial charge in [0, 0.05) is 6.61 Å². The Morgan fingerprint density at radius 3 is 2.75 bits per heavy atom. The number of tetrazole rings is 1. The fourth-order valence-electron chi connectivity index (χ4n) is 2.63. The minimum atomic E-state index is -0.821. The molecular weight excluding hydrogens is 260 g/mol. The monoisotopic (exact) mass is 282 g/mol. The van der Waals surface area contributed by atoms with Gasteiger partial charge >= 0.3 is 5.97 Å². The lowest BCUT2D eigenvalue weighted by Crippen LogP contribution is -2.36. The Labute approximate surface area is 118 Å². The lowest BCUT2D eigenvalue weighted by molar-refractivity contribution is -0.150. The summed E-state index contributed by atoms with van der Waals surface area (Å²) in [6.07, 6.45) is 4.01. The van der Waals surface area contributed by atoms with Gasteiger partial charge in [0.25, 0.3) is 0 Å². The molecule has 20 heavy (non-hydrogen) atoms. The first kappa shape index (κ1) is 14.9. The van der Waals surface area contributed by atoms with Crippen LogP contribution in [0.3, 0.4) is 0 Å². The highest BCUT2D eigenvalue weighted by atomic mass is 16.5. The van der Waals surface area contributed by atoms with Crippen LogP contribution in [0.15, 0.2) is 0 Å². The van der Waals surface area contributed by atoms with E-state index in [-0.39, 0.29) is 12.6 Å². The van der Waals surface area contributed by atoms with Crippen molar-refractivity contribution in [1.29, 1.82) is 0 Å². The van der Waals surface area contributed by atoms with Gasteiger partial charge in [-0.3, -0.25) is 4.79 Å². The SMILES string of the molecule is CCC(CC)(Cn1nnnc1C1CCCCO1)C(=O)O. The van der Waals surface area contributed by atoms with E-state index in [4.69, 9.17) is 4.74 Å². The predicted octanol–water partition coefficient (Wildman–Crippen LogP) is 1.81. The van der Waals surface area contributed by atoms with Crippen LogP contribution in [0.5, 0.6) is 0 Å². The molecule has 0 bridgehead atoms. The number of carbonyl (C=O) groups is 1.